The molecule has 0 aliphatic carbocycles. The van der Waals surface area contributed by atoms with E-state index in [9.17, 15) is 0 Å². The van der Waals surface area contributed by atoms with Crippen LogP contribution in [0.3, 0.4) is 0 Å². The van der Waals surface area contributed by atoms with Gasteiger partial charge in [0.2, 0.25) is 0 Å². The Bertz CT molecular complexity index is 992. The third kappa shape index (κ3) is 3.54. The first kappa shape index (κ1) is 18.7. The van der Waals surface area contributed by atoms with Crippen molar-refractivity contribution in [2.45, 2.75) is 33.7 Å². The van der Waals surface area contributed by atoms with Crippen LogP contribution in [0.1, 0.15) is 35.3 Å². The van der Waals surface area contributed by atoms with Gasteiger partial charge in [-0.15, -0.1) is 5.10 Å². The molecule has 5 nitrogen and oxygen atoms in total. The number of nitrogens with one attached hydrogen (secondary N) is 2. The van der Waals surface area contributed by atoms with Gasteiger partial charge in [0.25, 0.3) is 0 Å². The Kier molecular flexibility index (Phi) is 5.18. The lowest BCUT2D eigenvalue weighted by atomic mass is 9.98. The Morgan fingerprint density at radius 2 is 1.79 bits per heavy atom. The Hall–Kier alpha value is -2.66. The predicted octanol–water partition coefficient (Wildman–Crippen LogP) is 4.14. The molecular formula is C23H29N5. The van der Waals surface area contributed by atoms with Crippen LogP contribution >= 0.6 is 0 Å². The van der Waals surface area contributed by atoms with Gasteiger partial charge in [-0.3, -0.25) is 0 Å². The quantitative estimate of drug-likeness (QED) is 0.718. The summed E-state index contributed by atoms with van der Waals surface area (Å²) in [7, 11) is 0. The fraction of sp³-hybridized carbons (Fsp3) is 0.391. The Labute approximate surface area is 167 Å². The molecule has 28 heavy (non-hydrogen) atoms. The van der Waals surface area contributed by atoms with Crippen molar-refractivity contribution in [1.82, 2.24) is 15.5 Å². The minimum atomic E-state index is 0.156. The van der Waals surface area contributed by atoms with Gasteiger partial charge in [-0.05, 0) is 56.5 Å². The van der Waals surface area contributed by atoms with Crippen LogP contribution in [0.25, 0.3) is 10.8 Å². The number of aryl methyl sites for hydroxylation is 2. The molecule has 2 heterocycles. The van der Waals surface area contributed by atoms with Crippen molar-refractivity contribution >= 4 is 22.3 Å². The second kappa shape index (κ2) is 7.76. The highest BCUT2D eigenvalue weighted by atomic mass is 15.2. The van der Waals surface area contributed by atoms with Crippen LogP contribution in [0.4, 0.5) is 11.5 Å². The van der Waals surface area contributed by atoms with Crippen molar-refractivity contribution in [3.8, 4) is 0 Å². The van der Waals surface area contributed by atoms with Crippen LogP contribution < -0.4 is 15.5 Å². The monoisotopic (exact) mass is 375 g/mol. The summed E-state index contributed by atoms with van der Waals surface area (Å²) in [6.07, 6.45) is 0. The van der Waals surface area contributed by atoms with Crippen molar-refractivity contribution in [2.75, 3.05) is 36.4 Å². The predicted molar refractivity (Wildman–Crippen MR) is 117 cm³/mol. The van der Waals surface area contributed by atoms with Crippen LogP contribution in [-0.2, 0) is 0 Å². The number of aromatic nitrogens is 2. The number of piperazine rings is 1. The topological polar surface area (TPSA) is 53.1 Å². The van der Waals surface area contributed by atoms with E-state index in [0.29, 0.717) is 0 Å². The second-order valence-electron chi connectivity index (χ2n) is 7.76. The van der Waals surface area contributed by atoms with E-state index in [-0.39, 0.29) is 6.04 Å². The fourth-order valence-corrected chi connectivity index (χ4v) is 4.03. The minimum Gasteiger partial charge on any atom is -0.369 e. The number of benzene rings is 2. The number of fused-ring (bicyclic) bond motifs is 1. The molecule has 1 aliphatic heterocycles. The van der Waals surface area contributed by atoms with Crippen LogP contribution in [0.2, 0.25) is 0 Å². The third-order valence-electron chi connectivity index (χ3n) is 5.90. The molecule has 1 saturated heterocycles. The molecule has 0 bridgehead atoms. The summed E-state index contributed by atoms with van der Waals surface area (Å²) >= 11 is 0. The summed E-state index contributed by atoms with van der Waals surface area (Å²) in [5.74, 6) is 0.853. The van der Waals surface area contributed by atoms with E-state index in [2.05, 4.69) is 82.9 Å². The van der Waals surface area contributed by atoms with Gasteiger partial charge >= 0.3 is 0 Å². The molecule has 5 heteroatoms. The van der Waals surface area contributed by atoms with Gasteiger partial charge in [-0.2, -0.15) is 5.10 Å². The first-order valence-corrected chi connectivity index (χ1v) is 10.1. The zero-order valence-electron chi connectivity index (χ0n) is 17.2. The fourth-order valence-electron chi connectivity index (χ4n) is 4.03. The van der Waals surface area contributed by atoms with Crippen LogP contribution in [-0.4, -0.2) is 36.4 Å². The Balaban J connectivity index is 1.71. The molecule has 1 fully saturated rings. The van der Waals surface area contributed by atoms with Gasteiger partial charge in [0.1, 0.15) is 0 Å². The van der Waals surface area contributed by atoms with Gasteiger partial charge in [-0.25, -0.2) is 0 Å². The van der Waals surface area contributed by atoms with E-state index in [4.69, 9.17) is 0 Å². The highest BCUT2D eigenvalue weighted by Gasteiger charge is 2.16. The first-order chi connectivity index (χ1) is 13.5. The molecule has 4 rings (SSSR count). The molecule has 0 unspecified atom stereocenters. The molecule has 0 saturated carbocycles. The highest BCUT2D eigenvalue weighted by molar-refractivity contribution is 5.95. The maximum atomic E-state index is 4.52. The lowest BCUT2D eigenvalue weighted by Gasteiger charge is -2.30. The zero-order chi connectivity index (χ0) is 19.7. The van der Waals surface area contributed by atoms with Crippen molar-refractivity contribution in [1.29, 1.82) is 0 Å². The average molecular weight is 376 g/mol. The van der Waals surface area contributed by atoms with E-state index in [1.165, 1.54) is 22.4 Å². The molecule has 3 aromatic rings. The molecule has 1 aliphatic rings. The third-order valence-corrected chi connectivity index (χ3v) is 5.90. The summed E-state index contributed by atoms with van der Waals surface area (Å²) < 4.78 is 0. The molecular weight excluding hydrogens is 346 g/mol. The smallest absolute Gasteiger partial charge is 0.157 e. The van der Waals surface area contributed by atoms with Gasteiger partial charge in [0, 0.05) is 42.6 Å². The number of hydrogen-bond acceptors (Lipinski definition) is 5. The maximum absolute atomic E-state index is 4.52. The molecule has 0 amide bonds. The molecule has 2 N–H and O–H groups in total. The van der Waals surface area contributed by atoms with Gasteiger partial charge in [-0.1, -0.05) is 24.3 Å². The largest absolute Gasteiger partial charge is 0.369 e. The van der Waals surface area contributed by atoms with E-state index in [1.807, 2.05) is 6.92 Å². The number of anilines is 2. The minimum absolute atomic E-state index is 0.156. The molecule has 0 radical (unpaired) electrons. The highest BCUT2D eigenvalue weighted by Crippen LogP contribution is 2.31. The standard InChI is InChI=1S/C23H29N5/c1-15-6-5-7-20(16(15)2)17(3)25-23-22-14-19(28-12-10-24-11-13-28)8-9-21(22)18(4)26-27-23/h5-9,14,17,24H,10-13H2,1-4H3,(H,25,27)/t17-/m1/s1. The molecule has 0 spiro atoms. The van der Waals surface area contributed by atoms with Crippen LogP contribution in [0.15, 0.2) is 36.4 Å². The summed E-state index contributed by atoms with van der Waals surface area (Å²) in [5.41, 5.74) is 6.16. The summed E-state index contributed by atoms with van der Waals surface area (Å²) in [4.78, 5) is 2.43. The van der Waals surface area contributed by atoms with Crippen molar-refractivity contribution in [3.63, 3.8) is 0 Å². The lowest BCUT2D eigenvalue weighted by molar-refractivity contribution is 0.589. The van der Waals surface area contributed by atoms with E-state index < -0.39 is 0 Å². The summed E-state index contributed by atoms with van der Waals surface area (Å²) in [6, 6.07) is 13.3. The number of hydrogen-bond donors (Lipinski definition) is 2. The SMILES string of the molecule is Cc1cccc([C@@H](C)Nc2nnc(C)c3ccc(N4CCNCC4)cc23)c1C. The first-order valence-electron chi connectivity index (χ1n) is 10.1. The normalized spacial score (nSPS) is 15.6. The summed E-state index contributed by atoms with van der Waals surface area (Å²) in [5, 5.41) is 18.3. The average Bonchev–Trinajstić information content (AvgIpc) is 2.72. The van der Waals surface area contributed by atoms with E-state index in [1.54, 1.807) is 0 Å². The second-order valence-corrected chi connectivity index (χ2v) is 7.76. The van der Waals surface area contributed by atoms with Gasteiger partial charge < -0.3 is 15.5 Å². The lowest BCUT2D eigenvalue weighted by Crippen LogP contribution is -2.43. The van der Waals surface area contributed by atoms with Crippen molar-refractivity contribution in [2.24, 2.45) is 0 Å². The van der Waals surface area contributed by atoms with Crippen molar-refractivity contribution < 1.29 is 0 Å². The molecule has 1 aromatic heterocycles. The van der Waals surface area contributed by atoms with Crippen molar-refractivity contribution in [3.05, 3.63) is 58.8 Å². The van der Waals surface area contributed by atoms with E-state index >= 15 is 0 Å². The Morgan fingerprint density at radius 1 is 1.00 bits per heavy atom. The van der Waals surface area contributed by atoms with Crippen LogP contribution in [0.5, 0.6) is 0 Å². The van der Waals surface area contributed by atoms with Gasteiger partial charge in [0.05, 0.1) is 11.7 Å². The molecule has 1 atom stereocenters. The number of nitrogens with zero attached hydrogens (tertiary/aromatic N) is 3. The van der Waals surface area contributed by atoms with Crippen LogP contribution in [0, 0.1) is 20.8 Å². The number of rotatable bonds is 4. The van der Waals surface area contributed by atoms with E-state index in [0.717, 1.165) is 48.5 Å². The maximum Gasteiger partial charge on any atom is 0.157 e. The molecule has 2 aromatic carbocycles. The Morgan fingerprint density at radius 3 is 2.57 bits per heavy atom. The zero-order valence-corrected chi connectivity index (χ0v) is 17.2. The van der Waals surface area contributed by atoms with Gasteiger partial charge in [0.15, 0.2) is 5.82 Å². The molecule has 146 valence electrons. The summed E-state index contributed by atoms with van der Waals surface area (Å²) in [6.45, 7) is 12.7.